The zero-order valence-corrected chi connectivity index (χ0v) is 7.82. The molecule has 5 heteroatoms. The Labute approximate surface area is 86.7 Å². The fourth-order valence-electron chi connectivity index (χ4n) is 0. The molecule has 0 aliphatic carbocycles. The van der Waals surface area contributed by atoms with Gasteiger partial charge in [-0.15, -0.1) is 12.4 Å². The molecule has 0 bridgehead atoms. The predicted octanol–water partition coefficient (Wildman–Crippen LogP) is 0.201. The van der Waals surface area contributed by atoms with Gasteiger partial charge in [0.1, 0.15) is 0 Å². The van der Waals surface area contributed by atoms with Crippen LogP contribution >= 0.6 is 12.4 Å². The average molecular weight is 149 g/mol. The van der Waals surface area contributed by atoms with Crippen LogP contribution in [0.5, 0.6) is 0 Å². The summed E-state index contributed by atoms with van der Waals surface area (Å²) >= 11 is 0. The van der Waals surface area contributed by atoms with Crippen LogP contribution in [0.3, 0.4) is 0 Å². The van der Waals surface area contributed by atoms with Crippen molar-refractivity contribution < 1.29 is 15.6 Å². The van der Waals surface area contributed by atoms with E-state index in [1.165, 1.54) is 0 Å². The van der Waals surface area contributed by atoms with Gasteiger partial charge in [0.15, 0.2) is 0 Å². The molecule has 0 saturated heterocycles. The van der Waals surface area contributed by atoms with Crippen LogP contribution in [-0.4, -0.2) is 57.2 Å². The van der Waals surface area contributed by atoms with Crippen molar-refractivity contribution in [2.45, 2.75) is 6.92 Å². The Balaban J connectivity index is -0.00000000214. The Morgan fingerprint density at radius 2 is 1.57 bits per heavy atom. The summed E-state index contributed by atoms with van der Waals surface area (Å²) in [5.41, 5.74) is 0. The van der Waals surface area contributed by atoms with Gasteiger partial charge in [-0.1, -0.05) is 0 Å². The predicted molar refractivity (Wildman–Crippen MR) is 36.5 cm³/mol. The van der Waals surface area contributed by atoms with Crippen LogP contribution in [0.1, 0.15) is 12.6 Å². The molecule has 0 aliphatic heterocycles. The summed E-state index contributed by atoms with van der Waals surface area (Å²) in [6.45, 7) is 1.08. The summed E-state index contributed by atoms with van der Waals surface area (Å²) in [5.74, 6) is -0.833. The molecule has 0 rings (SSSR count). The summed E-state index contributed by atoms with van der Waals surface area (Å²) in [7, 11) is 0. The molecule has 0 amide bonds. The van der Waals surface area contributed by atoms with Crippen molar-refractivity contribution in [1.29, 1.82) is 0 Å². The third-order valence-electron chi connectivity index (χ3n) is 0. The van der Waals surface area contributed by atoms with Crippen molar-refractivity contribution in [2.75, 3.05) is 0 Å². The van der Waals surface area contributed by atoms with Gasteiger partial charge in [-0.25, -0.2) is 0 Å². The zero-order valence-electron chi connectivity index (χ0n) is 8.18. The monoisotopic (exact) mass is 148 g/mol. The molecule has 2 nitrogen and oxygen atoms in total. The van der Waals surface area contributed by atoms with Crippen molar-refractivity contribution in [1.82, 2.24) is 0 Å². The maximum absolute atomic E-state index is 9.00. The molecule has 0 unspecified atom stereocenters. The number of carboxylic acids is 1. The summed E-state index contributed by atoms with van der Waals surface area (Å²) in [6.07, 6.45) is 0. The van der Waals surface area contributed by atoms with Crippen molar-refractivity contribution in [2.24, 2.45) is 0 Å². The standard InChI is InChI=1S/C2H4O2.ClH.2Mg.4H/c1-2(3)4;;;;;;;/h1H3,(H,3,4);1H;;;;;;/q;;2*+2;4*-1. The average Bonchev–Trinajstić information content (AvgIpc) is 0.811. The van der Waals surface area contributed by atoms with Gasteiger partial charge >= 0.3 is 46.1 Å². The van der Waals surface area contributed by atoms with E-state index >= 15 is 0 Å². The van der Waals surface area contributed by atoms with Gasteiger partial charge < -0.3 is 10.8 Å². The smallest absolute Gasteiger partial charge is 1.00 e. The first-order valence-corrected chi connectivity index (χ1v) is 0.928. The van der Waals surface area contributed by atoms with Gasteiger partial charge in [0, 0.05) is 6.92 Å². The number of carbonyl (C=O) groups is 1. The third kappa shape index (κ3) is 122. The van der Waals surface area contributed by atoms with E-state index in [4.69, 9.17) is 9.90 Å². The molecule has 0 aromatic heterocycles. The van der Waals surface area contributed by atoms with Crippen LogP contribution in [-0.2, 0) is 4.79 Å². The number of rotatable bonds is 0. The fraction of sp³-hybridized carbons (Fsp3) is 0.500. The number of halogens is 1. The van der Waals surface area contributed by atoms with Crippen molar-refractivity contribution >= 4 is 64.5 Å². The van der Waals surface area contributed by atoms with Crippen molar-refractivity contribution in [3.05, 3.63) is 0 Å². The van der Waals surface area contributed by atoms with E-state index in [1.54, 1.807) is 0 Å². The van der Waals surface area contributed by atoms with E-state index in [0.29, 0.717) is 0 Å². The van der Waals surface area contributed by atoms with Crippen LogP contribution in [0.4, 0.5) is 0 Å². The summed E-state index contributed by atoms with van der Waals surface area (Å²) in [6, 6.07) is 0. The van der Waals surface area contributed by atoms with Crippen LogP contribution in [0.25, 0.3) is 0 Å². The van der Waals surface area contributed by atoms with Gasteiger partial charge in [0.05, 0.1) is 0 Å². The van der Waals surface area contributed by atoms with E-state index in [-0.39, 0.29) is 64.2 Å². The maximum atomic E-state index is 9.00. The molecule has 0 aromatic carbocycles. The molecular weight excluding hydrogens is 140 g/mol. The minimum Gasteiger partial charge on any atom is -1.00 e. The van der Waals surface area contributed by atoms with Gasteiger partial charge in [-0.05, 0) is 0 Å². The molecular formula is C2H9ClMg2O2. The summed E-state index contributed by atoms with van der Waals surface area (Å²) < 4.78 is 0. The zero-order chi connectivity index (χ0) is 3.58. The van der Waals surface area contributed by atoms with E-state index in [2.05, 4.69) is 0 Å². The topological polar surface area (TPSA) is 37.3 Å². The molecule has 0 aliphatic rings. The number of hydrogen-bond acceptors (Lipinski definition) is 1. The van der Waals surface area contributed by atoms with E-state index in [9.17, 15) is 0 Å². The fourth-order valence-corrected chi connectivity index (χ4v) is 0. The largest absolute Gasteiger partial charge is 2.00 e. The molecule has 0 atom stereocenters. The molecule has 0 saturated carbocycles. The minimum absolute atomic E-state index is 0. The van der Waals surface area contributed by atoms with Crippen LogP contribution in [0.15, 0.2) is 0 Å². The molecule has 0 heterocycles. The van der Waals surface area contributed by atoms with Crippen molar-refractivity contribution in [3.63, 3.8) is 0 Å². The first kappa shape index (κ1) is 23.9. The second-order valence-corrected chi connectivity index (χ2v) is 0.519. The molecule has 0 fully saturated rings. The van der Waals surface area contributed by atoms with Crippen LogP contribution in [0.2, 0.25) is 0 Å². The van der Waals surface area contributed by atoms with Gasteiger partial charge in [-0.3, -0.25) is 4.79 Å². The minimum atomic E-state index is -0.833. The molecule has 0 spiro atoms. The second kappa shape index (κ2) is 15.7. The number of hydrogen-bond donors (Lipinski definition) is 1. The normalized spacial score (nSPS) is 3.57. The first-order valence-electron chi connectivity index (χ1n) is 0.928. The van der Waals surface area contributed by atoms with Gasteiger partial charge in [-0.2, -0.15) is 0 Å². The SMILES string of the molecule is CC(=O)O.Cl.[H-].[H-].[H-].[H-].[Mg+2].[Mg+2]. The maximum Gasteiger partial charge on any atom is 2.00 e. The Bertz CT molecular complexity index is 47.1. The Kier molecular flexibility index (Phi) is 53.6. The molecule has 1 N–H and O–H groups in total. The van der Waals surface area contributed by atoms with Crippen molar-refractivity contribution in [3.8, 4) is 0 Å². The molecule has 0 aromatic rings. The van der Waals surface area contributed by atoms with E-state index in [0.717, 1.165) is 6.92 Å². The van der Waals surface area contributed by atoms with Crippen LogP contribution in [0, 0.1) is 0 Å². The van der Waals surface area contributed by atoms with E-state index < -0.39 is 5.97 Å². The Hall–Kier alpha value is 1.29. The molecule has 7 heavy (non-hydrogen) atoms. The van der Waals surface area contributed by atoms with E-state index in [1.807, 2.05) is 0 Å². The third-order valence-corrected chi connectivity index (χ3v) is 0. The summed E-state index contributed by atoms with van der Waals surface area (Å²) in [5, 5.41) is 7.42. The quantitative estimate of drug-likeness (QED) is 0.499. The molecule has 40 valence electrons. The van der Waals surface area contributed by atoms with Gasteiger partial charge in [0.25, 0.3) is 5.97 Å². The first-order chi connectivity index (χ1) is 1.73. The number of aliphatic carboxylic acids is 1. The number of carboxylic acid groups (broad SMARTS) is 1. The Morgan fingerprint density at radius 1 is 1.57 bits per heavy atom. The van der Waals surface area contributed by atoms with Gasteiger partial charge in [0.2, 0.25) is 0 Å². The molecule has 0 radical (unpaired) electrons. The Morgan fingerprint density at radius 3 is 1.57 bits per heavy atom. The second-order valence-electron chi connectivity index (χ2n) is 0.519. The van der Waals surface area contributed by atoms with Crippen LogP contribution < -0.4 is 0 Å². The summed E-state index contributed by atoms with van der Waals surface area (Å²) in [4.78, 5) is 9.00.